The van der Waals surface area contributed by atoms with Crippen molar-refractivity contribution in [2.75, 3.05) is 20.3 Å². The van der Waals surface area contributed by atoms with Gasteiger partial charge in [0, 0.05) is 12.0 Å². The summed E-state index contributed by atoms with van der Waals surface area (Å²) in [4.78, 5) is 0. The molecule has 10 N–H and O–H groups in total. The number of fused-ring (bicyclic) bond motifs is 1. The third-order valence-electron chi connectivity index (χ3n) is 8.56. The Morgan fingerprint density at radius 3 is 1.72 bits per heavy atom. The van der Waals surface area contributed by atoms with E-state index in [0.29, 0.717) is 11.3 Å². The predicted octanol–water partition coefficient (Wildman–Crippen LogP) is -2.59. The molecule has 2 aromatic rings. The molecule has 12 atom stereocenters. The molecule has 0 aromatic heterocycles. The lowest BCUT2D eigenvalue weighted by Gasteiger charge is -2.42. The molecule has 2 fully saturated rings. The normalized spacial score (nSPS) is 36.0. The summed E-state index contributed by atoms with van der Waals surface area (Å²) in [6.45, 7) is -0.782. The third kappa shape index (κ3) is 6.24. The molecule has 3 aliphatic heterocycles. The monoisotopic (exact) mass is 656 g/mol. The molecule has 0 bridgehead atoms. The van der Waals surface area contributed by atoms with E-state index in [9.17, 15) is 51.1 Å². The fourth-order valence-corrected chi connectivity index (χ4v) is 5.89. The van der Waals surface area contributed by atoms with E-state index in [1.54, 1.807) is 24.3 Å². The topological polar surface area (TPSA) is 258 Å². The molecule has 5 rings (SSSR count). The van der Waals surface area contributed by atoms with Crippen LogP contribution < -0.4 is 18.9 Å². The zero-order valence-corrected chi connectivity index (χ0v) is 25.0. The summed E-state index contributed by atoms with van der Waals surface area (Å²) in [5.74, 6) is 0.117. The fraction of sp³-hybridized carbons (Fsp3) is 0.600. The molecule has 2 saturated heterocycles. The first kappa shape index (κ1) is 34.5. The Bertz CT molecular complexity index is 1340. The van der Waals surface area contributed by atoms with Crippen LogP contribution in [0.5, 0.6) is 23.0 Å². The predicted molar refractivity (Wildman–Crippen MR) is 152 cm³/mol. The van der Waals surface area contributed by atoms with Crippen LogP contribution in [0.4, 0.5) is 0 Å². The van der Waals surface area contributed by atoms with Crippen molar-refractivity contribution in [3.8, 4) is 23.0 Å². The molecule has 0 radical (unpaired) electrons. The minimum atomic E-state index is -1.86. The molecule has 0 saturated carbocycles. The van der Waals surface area contributed by atoms with Crippen LogP contribution in [0, 0.1) is 6.92 Å². The van der Waals surface area contributed by atoms with Gasteiger partial charge in [0.05, 0.1) is 44.2 Å². The van der Waals surface area contributed by atoms with Gasteiger partial charge in [0.25, 0.3) is 0 Å². The highest BCUT2D eigenvalue weighted by atomic mass is 16.7. The molecule has 46 heavy (non-hydrogen) atoms. The second kappa shape index (κ2) is 14.1. The van der Waals surface area contributed by atoms with Crippen molar-refractivity contribution < 1.29 is 79.5 Å². The fourth-order valence-electron chi connectivity index (χ4n) is 5.89. The van der Waals surface area contributed by atoms with Crippen LogP contribution in [0.1, 0.15) is 40.9 Å². The number of benzene rings is 2. The summed E-state index contributed by atoms with van der Waals surface area (Å²) in [6.07, 6.45) is -18.7. The molecular weight excluding hydrogens is 616 g/mol. The van der Waals surface area contributed by atoms with E-state index < -0.39 is 93.4 Å². The highest BCUT2D eigenvalue weighted by Crippen LogP contribution is 2.53. The summed E-state index contributed by atoms with van der Waals surface area (Å²) in [7, 11) is 1.52. The average Bonchev–Trinajstić information content (AvgIpc) is 3.06. The number of aliphatic hydroxyl groups is 10. The summed E-state index contributed by atoms with van der Waals surface area (Å²) >= 11 is 0. The van der Waals surface area contributed by atoms with Gasteiger partial charge >= 0.3 is 0 Å². The Labute approximate surface area is 263 Å². The first-order chi connectivity index (χ1) is 21.9. The molecule has 256 valence electrons. The summed E-state index contributed by atoms with van der Waals surface area (Å²) in [5.41, 5.74) is 0.721. The van der Waals surface area contributed by atoms with Crippen molar-refractivity contribution >= 4 is 0 Å². The Morgan fingerprint density at radius 2 is 1.24 bits per heavy atom. The Balaban J connectivity index is 1.61. The van der Waals surface area contributed by atoms with Crippen LogP contribution >= 0.6 is 0 Å². The van der Waals surface area contributed by atoms with Crippen molar-refractivity contribution in [3.63, 3.8) is 0 Å². The van der Waals surface area contributed by atoms with E-state index in [4.69, 9.17) is 28.4 Å². The number of aliphatic hydroxyl groups excluding tert-OH is 10. The molecule has 16 heteroatoms. The lowest BCUT2D eigenvalue weighted by atomic mass is 9.90. The quantitative estimate of drug-likeness (QED) is 0.133. The van der Waals surface area contributed by atoms with Gasteiger partial charge in [0.2, 0.25) is 12.6 Å². The van der Waals surface area contributed by atoms with Gasteiger partial charge in [-0.15, -0.1) is 0 Å². The smallest absolute Gasteiger partial charge is 0.229 e. The Hall–Kier alpha value is -2.84. The van der Waals surface area contributed by atoms with Gasteiger partial charge in [-0.3, -0.25) is 0 Å². The maximum atomic E-state index is 11.5. The van der Waals surface area contributed by atoms with Crippen molar-refractivity contribution in [1.29, 1.82) is 0 Å². The maximum Gasteiger partial charge on any atom is 0.229 e. The zero-order valence-electron chi connectivity index (χ0n) is 25.0. The van der Waals surface area contributed by atoms with Crippen LogP contribution in [0.15, 0.2) is 24.3 Å². The highest BCUT2D eigenvalue weighted by Gasteiger charge is 2.48. The van der Waals surface area contributed by atoms with E-state index in [-0.39, 0.29) is 40.4 Å². The largest absolute Gasteiger partial charge is 0.497 e. The number of hydrogen-bond donors (Lipinski definition) is 10. The van der Waals surface area contributed by atoms with Gasteiger partial charge in [0.1, 0.15) is 77.9 Å². The molecule has 0 aliphatic carbocycles. The molecule has 0 spiro atoms. The number of methoxy groups -OCH3 is 1. The summed E-state index contributed by atoms with van der Waals surface area (Å²) < 4.78 is 34.6. The van der Waals surface area contributed by atoms with Gasteiger partial charge in [-0.1, -0.05) is 12.1 Å². The molecule has 3 heterocycles. The minimum Gasteiger partial charge on any atom is -0.497 e. The van der Waals surface area contributed by atoms with Gasteiger partial charge in [-0.25, -0.2) is 0 Å². The first-order valence-electron chi connectivity index (χ1n) is 14.7. The summed E-state index contributed by atoms with van der Waals surface area (Å²) in [5, 5.41) is 104. The van der Waals surface area contributed by atoms with Crippen molar-refractivity contribution in [2.24, 2.45) is 0 Å². The van der Waals surface area contributed by atoms with Crippen LogP contribution in [0.3, 0.4) is 0 Å². The van der Waals surface area contributed by atoms with E-state index in [2.05, 4.69) is 0 Å². The van der Waals surface area contributed by atoms with Gasteiger partial charge in [0.15, 0.2) is 0 Å². The van der Waals surface area contributed by atoms with Crippen LogP contribution in [0.2, 0.25) is 0 Å². The van der Waals surface area contributed by atoms with Crippen molar-refractivity contribution in [2.45, 2.75) is 93.6 Å². The molecule has 2 aromatic carbocycles. The zero-order chi connectivity index (χ0) is 33.4. The maximum absolute atomic E-state index is 11.5. The molecular formula is C30H40O16. The number of hydrogen-bond acceptors (Lipinski definition) is 16. The van der Waals surface area contributed by atoms with Crippen LogP contribution in [0.25, 0.3) is 0 Å². The first-order valence-corrected chi connectivity index (χ1v) is 14.7. The van der Waals surface area contributed by atoms with Crippen molar-refractivity contribution in [1.82, 2.24) is 0 Å². The SMILES string of the molecule is COc1ccc([C@@H]2C[C@@H](O)c3c(c(C)c(O[C@@H]4O[C@H](CO)[C@@H](O)[C@H](O)[C@H]4O)c(CO)c3O[C@@H]3O[C@H](CO)[C@@H](O)[C@H](O)[C@H]3O)O2)cc1. The van der Waals surface area contributed by atoms with Crippen LogP contribution in [-0.2, 0) is 16.1 Å². The molecule has 0 unspecified atom stereocenters. The Kier molecular flexibility index (Phi) is 10.6. The lowest BCUT2D eigenvalue weighted by molar-refractivity contribution is -0.279. The Morgan fingerprint density at radius 1 is 0.717 bits per heavy atom. The van der Waals surface area contributed by atoms with Gasteiger partial charge < -0.3 is 79.5 Å². The second-order valence-corrected chi connectivity index (χ2v) is 11.4. The average molecular weight is 657 g/mol. The van der Waals surface area contributed by atoms with Crippen molar-refractivity contribution in [3.05, 3.63) is 46.5 Å². The minimum absolute atomic E-state index is 0.00158. The van der Waals surface area contributed by atoms with E-state index in [0.717, 1.165) is 0 Å². The van der Waals surface area contributed by atoms with E-state index >= 15 is 0 Å². The molecule has 16 nitrogen and oxygen atoms in total. The molecule has 0 amide bonds. The van der Waals surface area contributed by atoms with Crippen LogP contribution in [-0.4, -0.2) is 133 Å². The number of ether oxygens (including phenoxy) is 6. The molecule has 3 aliphatic rings. The van der Waals surface area contributed by atoms with Gasteiger partial charge in [-0.2, -0.15) is 0 Å². The van der Waals surface area contributed by atoms with E-state index in [1.165, 1.54) is 14.0 Å². The highest BCUT2D eigenvalue weighted by molar-refractivity contribution is 5.64. The number of rotatable bonds is 9. The second-order valence-electron chi connectivity index (χ2n) is 11.4. The standard InChI is InChI=1S/C30H40O16/c1-11-26(45-29-24(39)22(37)20(35)17(9-32)43-29)14(8-31)28(46-30-25(40)23(38)21(36)18(10-33)44-30)19-15(34)7-16(42-27(11)19)12-3-5-13(41-2)6-4-12/h3-6,15-18,20-25,29-40H,7-10H2,1-2H3/t15-,16+,17-,18-,20-,21-,22+,23+,24-,25-,29+,30+/m1/s1. The van der Waals surface area contributed by atoms with E-state index in [1.807, 2.05) is 0 Å². The van der Waals surface area contributed by atoms with Gasteiger partial charge in [-0.05, 0) is 24.6 Å². The third-order valence-corrected chi connectivity index (χ3v) is 8.56. The summed E-state index contributed by atoms with van der Waals surface area (Å²) in [6, 6.07) is 6.91. The lowest BCUT2D eigenvalue weighted by Crippen LogP contribution is -2.60.